The van der Waals surface area contributed by atoms with Gasteiger partial charge in [0.1, 0.15) is 5.54 Å². The summed E-state index contributed by atoms with van der Waals surface area (Å²) < 4.78 is 6.74. The number of nitrogens with one attached hydrogen (secondary N) is 1. The molecule has 16 heavy (non-hydrogen) atoms. The van der Waals surface area contributed by atoms with E-state index in [0.717, 1.165) is 12.8 Å². The van der Waals surface area contributed by atoms with E-state index in [0.29, 0.717) is 12.6 Å². The molecular weight excluding hydrogens is 206 g/mol. The highest BCUT2D eigenvalue weighted by atomic mass is 16.5. The monoisotopic (exact) mass is 223 g/mol. The molecule has 0 aromatic carbocycles. The van der Waals surface area contributed by atoms with Crippen LogP contribution in [0.1, 0.15) is 19.8 Å². The number of esters is 1. The second-order valence-electron chi connectivity index (χ2n) is 4.48. The molecule has 0 aliphatic heterocycles. The summed E-state index contributed by atoms with van der Waals surface area (Å²) in [6.07, 6.45) is 7.52. The van der Waals surface area contributed by atoms with Crippen LogP contribution in [-0.2, 0) is 16.1 Å². The number of carbonyl (C=O) groups is 1. The molecule has 0 amide bonds. The quantitative estimate of drug-likeness (QED) is 0.741. The molecule has 1 unspecified atom stereocenters. The molecule has 0 bridgehead atoms. The number of aromatic nitrogens is 2. The van der Waals surface area contributed by atoms with Crippen LogP contribution in [0, 0.1) is 0 Å². The van der Waals surface area contributed by atoms with Crippen LogP contribution in [0.3, 0.4) is 0 Å². The zero-order valence-electron chi connectivity index (χ0n) is 9.64. The number of nitrogens with zero attached hydrogens (tertiary/aromatic N) is 2. The molecule has 0 spiro atoms. The van der Waals surface area contributed by atoms with Gasteiger partial charge >= 0.3 is 5.97 Å². The largest absolute Gasteiger partial charge is 0.468 e. The predicted molar refractivity (Wildman–Crippen MR) is 58.8 cm³/mol. The van der Waals surface area contributed by atoms with Crippen molar-refractivity contribution in [2.24, 2.45) is 0 Å². The molecule has 5 heteroatoms. The third kappa shape index (κ3) is 2.41. The number of methoxy groups -OCH3 is 1. The van der Waals surface area contributed by atoms with Gasteiger partial charge < -0.3 is 9.30 Å². The normalized spacial score (nSPS) is 19.1. The number of imidazole rings is 1. The summed E-state index contributed by atoms with van der Waals surface area (Å²) in [5.41, 5.74) is -0.670. The fourth-order valence-electron chi connectivity index (χ4n) is 1.82. The number of hydrogen-bond donors (Lipinski definition) is 1. The van der Waals surface area contributed by atoms with Crippen molar-refractivity contribution in [1.82, 2.24) is 14.9 Å². The highest BCUT2D eigenvalue weighted by Crippen LogP contribution is 2.24. The third-order valence-electron chi connectivity index (χ3n) is 2.79. The van der Waals surface area contributed by atoms with Crippen molar-refractivity contribution in [1.29, 1.82) is 0 Å². The molecule has 0 radical (unpaired) electrons. The second-order valence-corrected chi connectivity index (χ2v) is 4.48. The van der Waals surface area contributed by atoms with Gasteiger partial charge in [-0.2, -0.15) is 0 Å². The molecule has 1 saturated carbocycles. The molecule has 0 saturated heterocycles. The minimum absolute atomic E-state index is 0.229. The first-order valence-corrected chi connectivity index (χ1v) is 5.46. The van der Waals surface area contributed by atoms with Crippen molar-refractivity contribution in [3.8, 4) is 0 Å². The van der Waals surface area contributed by atoms with Crippen LogP contribution in [0.5, 0.6) is 0 Å². The Bertz CT molecular complexity index is 359. The molecule has 88 valence electrons. The van der Waals surface area contributed by atoms with Gasteiger partial charge in [0, 0.05) is 18.4 Å². The van der Waals surface area contributed by atoms with Crippen LogP contribution in [0.25, 0.3) is 0 Å². The van der Waals surface area contributed by atoms with E-state index in [1.165, 1.54) is 7.11 Å². The van der Waals surface area contributed by atoms with E-state index in [-0.39, 0.29) is 5.97 Å². The van der Waals surface area contributed by atoms with E-state index in [9.17, 15) is 4.79 Å². The molecular formula is C11H17N3O2. The average molecular weight is 223 g/mol. The van der Waals surface area contributed by atoms with Crippen molar-refractivity contribution < 1.29 is 9.53 Å². The first kappa shape index (κ1) is 11.1. The molecule has 5 nitrogen and oxygen atoms in total. The Labute approximate surface area is 94.8 Å². The van der Waals surface area contributed by atoms with Crippen molar-refractivity contribution in [2.45, 2.75) is 37.9 Å². The number of rotatable bonds is 5. The lowest BCUT2D eigenvalue weighted by Gasteiger charge is -2.28. The van der Waals surface area contributed by atoms with E-state index in [4.69, 9.17) is 4.74 Å². The lowest BCUT2D eigenvalue weighted by atomic mass is 10.0. The number of hydrogen-bond acceptors (Lipinski definition) is 4. The molecule has 1 aromatic rings. The Morgan fingerprint density at radius 3 is 2.94 bits per heavy atom. The average Bonchev–Trinajstić information content (AvgIpc) is 2.91. The summed E-state index contributed by atoms with van der Waals surface area (Å²) in [4.78, 5) is 15.8. The fraction of sp³-hybridized carbons (Fsp3) is 0.636. The topological polar surface area (TPSA) is 56.2 Å². The fourth-order valence-corrected chi connectivity index (χ4v) is 1.82. The summed E-state index contributed by atoms with van der Waals surface area (Å²) in [6.45, 7) is 2.41. The summed E-state index contributed by atoms with van der Waals surface area (Å²) >= 11 is 0. The van der Waals surface area contributed by atoms with E-state index < -0.39 is 5.54 Å². The minimum Gasteiger partial charge on any atom is -0.468 e. The predicted octanol–water partition coefficient (Wildman–Crippen LogP) is 0.567. The first-order valence-electron chi connectivity index (χ1n) is 5.46. The Balaban J connectivity index is 2.09. The molecule has 1 aliphatic rings. The summed E-state index contributed by atoms with van der Waals surface area (Å²) in [7, 11) is 1.42. The molecule has 2 rings (SSSR count). The van der Waals surface area contributed by atoms with E-state index in [1.807, 2.05) is 17.7 Å². The van der Waals surface area contributed by atoms with Crippen LogP contribution in [0.4, 0.5) is 0 Å². The summed E-state index contributed by atoms with van der Waals surface area (Å²) in [5.74, 6) is -0.229. The Hall–Kier alpha value is -1.36. The van der Waals surface area contributed by atoms with Gasteiger partial charge in [0.25, 0.3) is 0 Å². The van der Waals surface area contributed by atoms with E-state index >= 15 is 0 Å². The molecule has 1 aliphatic carbocycles. The van der Waals surface area contributed by atoms with Crippen molar-refractivity contribution in [2.75, 3.05) is 7.11 Å². The summed E-state index contributed by atoms with van der Waals surface area (Å²) in [6, 6.07) is 0.452. The minimum atomic E-state index is -0.670. The second kappa shape index (κ2) is 4.25. The van der Waals surface area contributed by atoms with Gasteiger partial charge in [0.15, 0.2) is 0 Å². The lowest BCUT2D eigenvalue weighted by molar-refractivity contribution is -0.148. The van der Waals surface area contributed by atoms with Gasteiger partial charge in [-0.3, -0.25) is 5.32 Å². The molecule has 1 aromatic heterocycles. The SMILES string of the molecule is COC(=O)C(C)(Cn1ccnc1)NC1CC1. The Morgan fingerprint density at radius 2 is 2.44 bits per heavy atom. The van der Waals surface area contributed by atoms with E-state index in [2.05, 4.69) is 10.3 Å². The highest BCUT2D eigenvalue weighted by molar-refractivity contribution is 5.80. The molecule has 1 heterocycles. The van der Waals surface area contributed by atoms with Gasteiger partial charge in [-0.05, 0) is 19.8 Å². The van der Waals surface area contributed by atoms with Gasteiger partial charge in [-0.25, -0.2) is 9.78 Å². The highest BCUT2D eigenvalue weighted by Gasteiger charge is 2.39. The molecule has 1 atom stereocenters. The zero-order chi connectivity index (χ0) is 11.6. The van der Waals surface area contributed by atoms with Crippen LogP contribution in [0.15, 0.2) is 18.7 Å². The van der Waals surface area contributed by atoms with Crippen molar-refractivity contribution in [3.05, 3.63) is 18.7 Å². The van der Waals surface area contributed by atoms with Crippen LogP contribution in [0.2, 0.25) is 0 Å². The van der Waals surface area contributed by atoms with Gasteiger partial charge in [-0.1, -0.05) is 0 Å². The molecule has 1 fully saturated rings. The number of ether oxygens (including phenoxy) is 1. The molecule has 1 N–H and O–H groups in total. The third-order valence-corrected chi connectivity index (χ3v) is 2.79. The van der Waals surface area contributed by atoms with Crippen LogP contribution in [-0.4, -0.2) is 34.2 Å². The van der Waals surface area contributed by atoms with Gasteiger partial charge in [0.2, 0.25) is 0 Å². The van der Waals surface area contributed by atoms with Crippen LogP contribution < -0.4 is 5.32 Å². The van der Waals surface area contributed by atoms with E-state index in [1.54, 1.807) is 12.5 Å². The van der Waals surface area contributed by atoms with Crippen LogP contribution >= 0.6 is 0 Å². The van der Waals surface area contributed by atoms with Crippen molar-refractivity contribution in [3.63, 3.8) is 0 Å². The maximum Gasteiger partial charge on any atom is 0.327 e. The Kier molecular flexibility index (Phi) is 2.96. The standard InChI is InChI=1S/C11H17N3O2/c1-11(10(15)16-2,13-9-3-4-9)7-14-6-5-12-8-14/h5-6,8-9,13H,3-4,7H2,1-2H3. The summed E-state index contributed by atoms with van der Waals surface area (Å²) in [5, 5.41) is 3.33. The van der Waals surface area contributed by atoms with Crippen molar-refractivity contribution >= 4 is 5.97 Å². The van der Waals surface area contributed by atoms with Gasteiger partial charge in [0.05, 0.1) is 20.0 Å². The lowest BCUT2D eigenvalue weighted by Crippen LogP contribution is -2.54. The maximum atomic E-state index is 11.8. The Morgan fingerprint density at radius 1 is 1.69 bits per heavy atom. The zero-order valence-corrected chi connectivity index (χ0v) is 9.64. The van der Waals surface area contributed by atoms with Gasteiger partial charge in [-0.15, -0.1) is 0 Å². The first-order chi connectivity index (χ1) is 7.64. The smallest absolute Gasteiger partial charge is 0.327 e. The maximum absolute atomic E-state index is 11.8. The number of carbonyl (C=O) groups excluding carboxylic acids is 1.